The summed E-state index contributed by atoms with van der Waals surface area (Å²) in [6, 6.07) is 18.2. The van der Waals surface area contributed by atoms with Gasteiger partial charge in [-0.25, -0.2) is 0 Å². The summed E-state index contributed by atoms with van der Waals surface area (Å²) in [5.74, 6) is 0. The fraction of sp³-hybridized carbons (Fsp3) is 0.520. The molecule has 29 heavy (non-hydrogen) atoms. The zero-order chi connectivity index (χ0) is 19.8. The van der Waals surface area contributed by atoms with Crippen LogP contribution in [0.2, 0.25) is 0 Å². The van der Waals surface area contributed by atoms with Crippen LogP contribution in [0, 0.1) is 3.57 Å². The second-order valence-electron chi connectivity index (χ2n) is 9.26. The normalized spacial score (nSPS) is 27.2. The smallest absolute Gasteiger partial charge is 0.0720 e. The lowest BCUT2D eigenvalue weighted by molar-refractivity contribution is -0.0285. The number of piperidine rings is 2. The molecule has 5 rings (SSSR count). The molecule has 4 heteroatoms. The summed E-state index contributed by atoms with van der Waals surface area (Å²) in [4.78, 5) is 5.13. The van der Waals surface area contributed by atoms with Crippen LogP contribution in [-0.4, -0.2) is 53.2 Å². The maximum absolute atomic E-state index is 10.8. The Kier molecular flexibility index (Phi) is 5.71. The Labute approximate surface area is 188 Å². The van der Waals surface area contributed by atoms with Gasteiger partial charge in [0.05, 0.1) is 6.10 Å². The van der Waals surface area contributed by atoms with Gasteiger partial charge >= 0.3 is 0 Å². The Bertz CT molecular complexity index is 844. The van der Waals surface area contributed by atoms with E-state index >= 15 is 0 Å². The molecule has 154 valence electrons. The van der Waals surface area contributed by atoms with E-state index in [-0.39, 0.29) is 12.1 Å². The van der Waals surface area contributed by atoms with Crippen LogP contribution in [0.1, 0.15) is 42.4 Å². The van der Waals surface area contributed by atoms with Crippen molar-refractivity contribution in [2.45, 2.75) is 56.2 Å². The zero-order valence-corrected chi connectivity index (χ0v) is 19.2. The van der Waals surface area contributed by atoms with E-state index in [1.807, 2.05) is 0 Å². The Morgan fingerprint density at radius 1 is 0.966 bits per heavy atom. The second-order valence-corrected chi connectivity index (χ2v) is 10.5. The van der Waals surface area contributed by atoms with Crippen LogP contribution < -0.4 is 0 Å². The molecule has 0 saturated carbocycles. The van der Waals surface area contributed by atoms with Crippen LogP contribution in [0.4, 0.5) is 0 Å². The van der Waals surface area contributed by atoms with Crippen LogP contribution >= 0.6 is 22.6 Å². The van der Waals surface area contributed by atoms with Crippen LogP contribution in [0.5, 0.6) is 0 Å². The minimum Gasteiger partial charge on any atom is -0.391 e. The van der Waals surface area contributed by atoms with Crippen LogP contribution in [-0.2, 0) is 18.4 Å². The molecule has 0 bridgehead atoms. The Morgan fingerprint density at radius 3 is 2.52 bits per heavy atom. The summed E-state index contributed by atoms with van der Waals surface area (Å²) < 4.78 is 1.29. The molecule has 1 N–H and O–H groups in total. The van der Waals surface area contributed by atoms with Gasteiger partial charge in [0, 0.05) is 29.2 Å². The molecule has 0 amide bonds. The van der Waals surface area contributed by atoms with Crippen molar-refractivity contribution in [2.24, 2.45) is 0 Å². The van der Waals surface area contributed by atoms with Crippen molar-refractivity contribution in [3.8, 4) is 0 Å². The molecule has 0 radical (unpaired) electrons. The molecule has 0 unspecified atom stereocenters. The number of benzene rings is 2. The summed E-state index contributed by atoms with van der Waals surface area (Å²) in [6.45, 7) is 5.21. The Balaban J connectivity index is 1.23. The van der Waals surface area contributed by atoms with E-state index in [4.69, 9.17) is 0 Å². The molecule has 0 aromatic heterocycles. The highest BCUT2D eigenvalue weighted by atomic mass is 127. The minimum atomic E-state index is -0.187. The zero-order valence-electron chi connectivity index (χ0n) is 17.1. The summed E-state index contributed by atoms with van der Waals surface area (Å²) in [7, 11) is 0. The van der Waals surface area contributed by atoms with Crippen molar-refractivity contribution >= 4 is 22.6 Å². The van der Waals surface area contributed by atoms with Crippen molar-refractivity contribution in [1.82, 2.24) is 9.80 Å². The number of likely N-dealkylation sites (tertiary alicyclic amines) is 2. The van der Waals surface area contributed by atoms with Gasteiger partial charge in [-0.3, -0.25) is 9.80 Å². The third-order valence-corrected chi connectivity index (χ3v) is 8.35. The third-order valence-electron chi connectivity index (χ3n) is 7.64. The van der Waals surface area contributed by atoms with Crippen LogP contribution in [0.25, 0.3) is 0 Å². The fourth-order valence-corrected chi connectivity index (χ4v) is 6.26. The van der Waals surface area contributed by atoms with Crippen LogP contribution in [0.3, 0.4) is 0 Å². The molecule has 2 atom stereocenters. The van der Waals surface area contributed by atoms with Gasteiger partial charge in [0.1, 0.15) is 0 Å². The maximum Gasteiger partial charge on any atom is 0.0720 e. The summed E-state index contributed by atoms with van der Waals surface area (Å²) >= 11 is 2.36. The second kappa shape index (κ2) is 8.29. The number of hydrogen-bond acceptors (Lipinski definition) is 3. The number of aliphatic hydroxyl groups is 1. The van der Waals surface area contributed by atoms with Gasteiger partial charge in [0.15, 0.2) is 0 Å². The fourth-order valence-electron chi connectivity index (χ4n) is 5.90. The molecule has 3 aliphatic rings. The first kappa shape index (κ1) is 20.0. The van der Waals surface area contributed by atoms with Gasteiger partial charge < -0.3 is 5.11 Å². The Morgan fingerprint density at radius 2 is 1.72 bits per heavy atom. The average Bonchev–Trinajstić information content (AvgIpc) is 3.10. The van der Waals surface area contributed by atoms with Gasteiger partial charge in [-0.2, -0.15) is 0 Å². The quantitative estimate of drug-likeness (QED) is 0.638. The molecule has 2 saturated heterocycles. The van der Waals surface area contributed by atoms with Crippen LogP contribution in [0.15, 0.2) is 48.5 Å². The van der Waals surface area contributed by atoms with Crippen molar-refractivity contribution < 1.29 is 5.11 Å². The molecule has 2 heterocycles. The van der Waals surface area contributed by atoms with Crippen molar-refractivity contribution in [3.05, 3.63) is 68.8 Å². The lowest BCUT2D eigenvalue weighted by Crippen LogP contribution is -2.57. The summed E-state index contributed by atoms with van der Waals surface area (Å²) in [5.41, 5.74) is 4.96. The predicted molar refractivity (Wildman–Crippen MR) is 126 cm³/mol. The van der Waals surface area contributed by atoms with E-state index in [1.54, 1.807) is 11.1 Å². The number of halogens is 1. The van der Waals surface area contributed by atoms with E-state index < -0.39 is 0 Å². The highest BCUT2D eigenvalue weighted by Gasteiger charge is 2.43. The Hall–Kier alpha value is -0.950. The van der Waals surface area contributed by atoms with E-state index in [9.17, 15) is 5.11 Å². The molecule has 2 aromatic carbocycles. The highest BCUT2D eigenvalue weighted by Crippen LogP contribution is 2.46. The monoisotopic (exact) mass is 502 g/mol. The van der Waals surface area contributed by atoms with Gasteiger partial charge in [-0.15, -0.1) is 0 Å². The molecule has 3 nitrogen and oxygen atoms in total. The summed E-state index contributed by atoms with van der Waals surface area (Å²) in [5, 5.41) is 10.8. The summed E-state index contributed by atoms with van der Waals surface area (Å²) in [6.07, 6.45) is 5.74. The van der Waals surface area contributed by atoms with Gasteiger partial charge in [-0.05, 0) is 102 Å². The van der Waals surface area contributed by atoms with E-state index in [0.717, 1.165) is 39.1 Å². The number of aliphatic hydroxyl groups excluding tert-OH is 1. The molecule has 2 fully saturated rings. The number of aryl methyl sites for hydroxylation is 1. The molecule has 1 spiro atoms. The standard InChI is InChI=1S/C25H31IN2O/c26-21-7-5-19(6-8-21)17-27-14-10-24(29)23(18-27)28-15-12-25(13-16-28)11-9-20-3-1-2-4-22(20)25/h1-8,23-24,29H,9-18H2/t23-,24-/m1/s1. The topological polar surface area (TPSA) is 26.7 Å². The van der Waals surface area contributed by atoms with Gasteiger partial charge in [0.25, 0.3) is 0 Å². The largest absolute Gasteiger partial charge is 0.391 e. The molecule has 1 aliphatic carbocycles. The molecule has 2 aliphatic heterocycles. The van der Waals surface area contributed by atoms with Crippen molar-refractivity contribution in [3.63, 3.8) is 0 Å². The number of rotatable bonds is 3. The van der Waals surface area contributed by atoms with Crippen molar-refractivity contribution in [2.75, 3.05) is 26.2 Å². The van der Waals surface area contributed by atoms with Gasteiger partial charge in [-0.1, -0.05) is 36.4 Å². The van der Waals surface area contributed by atoms with Crippen molar-refractivity contribution in [1.29, 1.82) is 0 Å². The number of hydrogen-bond donors (Lipinski definition) is 1. The third kappa shape index (κ3) is 4.01. The maximum atomic E-state index is 10.8. The van der Waals surface area contributed by atoms with E-state index in [1.165, 1.54) is 34.8 Å². The first-order chi connectivity index (χ1) is 14.1. The molecule has 2 aromatic rings. The average molecular weight is 502 g/mol. The minimum absolute atomic E-state index is 0.187. The SMILES string of the molecule is O[C@@H]1CCN(Cc2ccc(I)cc2)C[C@H]1N1CCC2(CCc3ccccc32)CC1. The molecular weight excluding hydrogens is 471 g/mol. The number of nitrogens with zero attached hydrogens (tertiary/aromatic N) is 2. The lowest BCUT2D eigenvalue weighted by atomic mass is 9.73. The van der Waals surface area contributed by atoms with Gasteiger partial charge in [0.2, 0.25) is 0 Å². The van der Waals surface area contributed by atoms with E-state index in [2.05, 4.69) is 80.9 Å². The predicted octanol–water partition coefficient (Wildman–Crippen LogP) is 4.21. The first-order valence-electron chi connectivity index (χ1n) is 11.1. The highest BCUT2D eigenvalue weighted by molar-refractivity contribution is 14.1. The number of fused-ring (bicyclic) bond motifs is 2. The van der Waals surface area contributed by atoms with E-state index in [0.29, 0.717) is 5.41 Å². The lowest BCUT2D eigenvalue weighted by Gasteiger charge is -2.47. The molecular formula is C25H31IN2O. The first-order valence-corrected chi connectivity index (χ1v) is 12.2.